The number of benzene rings is 1. The summed E-state index contributed by atoms with van der Waals surface area (Å²) in [5, 5.41) is 2.25. The third kappa shape index (κ3) is 7.42. The number of ether oxygens (including phenoxy) is 1. The van der Waals surface area contributed by atoms with Crippen molar-refractivity contribution in [2.45, 2.75) is 46.8 Å². The molecule has 1 aromatic carbocycles. The molecule has 0 radical (unpaired) electrons. The molecular formula is C23H33F3N4O4. The van der Waals surface area contributed by atoms with Gasteiger partial charge in [-0.1, -0.05) is 34.6 Å². The number of nitrogens with zero attached hydrogens (tertiary/aromatic N) is 2. The minimum Gasteiger partial charge on any atom is -0.370 e. The Bertz CT molecular complexity index is 912. The topological polar surface area (TPSA) is 105 Å². The molecule has 0 aromatic heterocycles. The smallest absolute Gasteiger partial charge is 0.370 e. The van der Waals surface area contributed by atoms with E-state index in [2.05, 4.69) is 5.32 Å². The molecule has 1 aliphatic heterocycles. The Kier molecular flexibility index (Phi) is 8.70. The van der Waals surface area contributed by atoms with Crippen LogP contribution in [0.2, 0.25) is 0 Å². The second-order valence-corrected chi connectivity index (χ2v) is 10.0. The molecule has 11 heteroatoms. The fraction of sp³-hybridized carbons (Fsp3) is 0.609. The van der Waals surface area contributed by atoms with Gasteiger partial charge in [0.1, 0.15) is 6.61 Å². The standard InChI is InChI=1S/C23H33F3N4O4/c1-14(2)11-29(13-22(3,4)5)19(20(27)32)21(33)28-17-7-6-15(10-16(17)23(24,25)26)30-8-9-34-12-18(30)31/h6-7,10,14,19H,8-9,11-13H2,1-5H3,(H2,27,32)(H,28,33)/t19-/m1/s1. The van der Waals surface area contributed by atoms with E-state index in [1.165, 1.54) is 11.0 Å². The summed E-state index contributed by atoms with van der Waals surface area (Å²) in [6.07, 6.45) is -4.82. The number of halogens is 3. The van der Waals surface area contributed by atoms with E-state index in [0.717, 1.165) is 12.1 Å². The first kappa shape index (κ1) is 27.6. The van der Waals surface area contributed by atoms with Crippen molar-refractivity contribution in [2.75, 3.05) is 43.1 Å². The van der Waals surface area contributed by atoms with E-state index in [9.17, 15) is 27.6 Å². The molecule has 2 rings (SSSR count). The van der Waals surface area contributed by atoms with E-state index < -0.39 is 41.2 Å². The Balaban J connectivity index is 2.40. The number of anilines is 2. The molecular weight excluding hydrogens is 453 g/mol. The monoisotopic (exact) mass is 486 g/mol. The molecule has 0 spiro atoms. The molecule has 1 aromatic rings. The van der Waals surface area contributed by atoms with Crippen LogP contribution in [-0.2, 0) is 25.3 Å². The van der Waals surface area contributed by atoms with Crippen molar-refractivity contribution in [3.63, 3.8) is 0 Å². The van der Waals surface area contributed by atoms with Gasteiger partial charge in [-0.25, -0.2) is 0 Å². The Morgan fingerprint density at radius 2 is 1.88 bits per heavy atom. The number of rotatable bonds is 8. The molecule has 8 nitrogen and oxygen atoms in total. The highest BCUT2D eigenvalue weighted by Crippen LogP contribution is 2.38. The molecule has 1 atom stereocenters. The van der Waals surface area contributed by atoms with Crippen LogP contribution in [0.5, 0.6) is 0 Å². The minimum absolute atomic E-state index is 0.0410. The van der Waals surface area contributed by atoms with Gasteiger partial charge in [0.15, 0.2) is 6.04 Å². The number of hydrogen-bond acceptors (Lipinski definition) is 5. The van der Waals surface area contributed by atoms with Gasteiger partial charge in [0, 0.05) is 25.3 Å². The molecule has 0 saturated carbocycles. The van der Waals surface area contributed by atoms with Gasteiger partial charge in [0.2, 0.25) is 5.91 Å². The molecule has 0 bridgehead atoms. The van der Waals surface area contributed by atoms with Gasteiger partial charge in [0.25, 0.3) is 11.8 Å². The molecule has 1 aliphatic rings. The summed E-state index contributed by atoms with van der Waals surface area (Å²) in [6.45, 7) is 10.3. The Morgan fingerprint density at radius 3 is 2.38 bits per heavy atom. The average Bonchev–Trinajstić information content (AvgIpc) is 2.66. The van der Waals surface area contributed by atoms with Crippen LogP contribution in [0.15, 0.2) is 18.2 Å². The fourth-order valence-electron chi connectivity index (χ4n) is 3.85. The van der Waals surface area contributed by atoms with Crippen LogP contribution in [0.4, 0.5) is 24.5 Å². The molecule has 1 heterocycles. The Morgan fingerprint density at radius 1 is 1.24 bits per heavy atom. The van der Waals surface area contributed by atoms with Crippen molar-refractivity contribution in [1.29, 1.82) is 0 Å². The number of carbonyl (C=O) groups excluding carboxylic acids is 3. The number of carbonyl (C=O) groups is 3. The number of morpholine rings is 1. The van der Waals surface area contributed by atoms with Crippen LogP contribution in [-0.4, -0.2) is 61.5 Å². The van der Waals surface area contributed by atoms with Crippen LogP contribution >= 0.6 is 0 Å². The number of primary amides is 1. The average molecular weight is 487 g/mol. The summed E-state index contributed by atoms with van der Waals surface area (Å²) in [5.74, 6) is -2.28. The summed E-state index contributed by atoms with van der Waals surface area (Å²) in [6, 6.07) is 1.74. The first-order valence-electron chi connectivity index (χ1n) is 11.0. The largest absolute Gasteiger partial charge is 0.418 e. The molecule has 34 heavy (non-hydrogen) atoms. The van der Waals surface area contributed by atoms with Gasteiger partial charge in [-0.15, -0.1) is 0 Å². The van der Waals surface area contributed by atoms with E-state index >= 15 is 0 Å². The van der Waals surface area contributed by atoms with Gasteiger partial charge in [-0.3, -0.25) is 19.3 Å². The van der Waals surface area contributed by atoms with Gasteiger partial charge in [-0.2, -0.15) is 13.2 Å². The van der Waals surface area contributed by atoms with Crippen molar-refractivity contribution in [3.05, 3.63) is 23.8 Å². The van der Waals surface area contributed by atoms with Crippen LogP contribution in [0.25, 0.3) is 0 Å². The second-order valence-electron chi connectivity index (χ2n) is 10.0. The van der Waals surface area contributed by atoms with Crippen LogP contribution < -0.4 is 16.0 Å². The molecule has 1 saturated heterocycles. The SMILES string of the molecule is CC(C)CN(CC(C)(C)C)[C@H](C(N)=O)C(=O)Nc1ccc(N2CCOCC2=O)cc1C(F)(F)F. The van der Waals surface area contributed by atoms with Crippen molar-refractivity contribution in [3.8, 4) is 0 Å². The van der Waals surface area contributed by atoms with Crippen molar-refractivity contribution < 1.29 is 32.3 Å². The molecule has 190 valence electrons. The highest BCUT2D eigenvalue weighted by atomic mass is 19.4. The quantitative estimate of drug-likeness (QED) is 0.550. The van der Waals surface area contributed by atoms with Gasteiger partial charge in [0.05, 0.1) is 17.9 Å². The summed E-state index contributed by atoms with van der Waals surface area (Å²) in [5.41, 5.74) is 3.62. The zero-order chi connectivity index (χ0) is 25.8. The van der Waals surface area contributed by atoms with Crippen molar-refractivity contribution in [1.82, 2.24) is 4.90 Å². The molecule has 0 aliphatic carbocycles. The number of nitrogens with one attached hydrogen (secondary N) is 1. The van der Waals surface area contributed by atoms with Crippen LogP contribution in [0.3, 0.4) is 0 Å². The zero-order valence-electron chi connectivity index (χ0n) is 20.2. The highest BCUT2D eigenvalue weighted by Gasteiger charge is 2.38. The lowest BCUT2D eigenvalue weighted by Gasteiger charge is -2.35. The molecule has 3 N–H and O–H groups in total. The van der Waals surface area contributed by atoms with E-state index in [0.29, 0.717) is 13.1 Å². The molecule has 0 unspecified atom stereocenters. The first-order valence-corrected chi connectivity index (χ1v) is 11.0. The molecule has 1 fully saturated rings. The minimum atomic E-state index is -4.82. The predicted molar refractivity (Wildman–Crippen MR) is 122 cm³/mol. The van der Waals surface area contributed by atoms with Gasteiger partial charge < -0.3 is 20.7 Å². The third-order valence-corrected chi connectivity index (χ3v) is 5.02. The third-order valence-electron chi connectivity index (χ3n) is 5.02. The predicted octanol–water partition coefficient (Wildman–Crippen LogP) is 2.87. The van der Waals surface area contributed by atoms with E-state index in [-0.39, 0.29) is 36.8 Å². The maximum absolute atomic E-state index is 13.9. The second kappa shape index (κ2) is 10.7. The van der Waals surface area contributed by atoms with E-state index in [4.69, 9.17) is 10.5 Å². The van der Waals surface area contributed by atoms with Crippen LogP contribution in [0, 0.1) is 11.3 Å². The summed E-state index contributed by atoms with van der Waals surface area (Å²) < 4.78 is 46.6. The molecule has 3 amide bonds. The first-order chi connectivity index (χ1) is 15.6. The van der Waals surface area contributed by atoms with E-state index in [1.807, 2.05) is 34.6 Å². The van der Waals surface area contributed by atoms with Crippen LogP contribution in [0.1, 0.15) is 40.2 Å². The van der Waals surface area contributed by atoms with Crippen molar-refractivity contribution in [2.24, 2.45) is 17.1 Å². The summed E-state index contributed by atoms with van der Waals surface area (Å²) in [4.78, 5) is 40.2. The maximum atomic E-state index is 13.9. The Hall–Kier alpha value is -2.66. The fourth-order valence-corrected chi connectivity index (χ4v) is 3.85. The lowest BCUT2D eigenvalue weighted by molar-refractivity contribution is -0.137. The lowest BCUT2D eigenvalue weighted by atomic mass is 9.94. The highest BCUT2D eigenvalue weighted by molar-refractivity contribution is 6.10. The Labute approximate surface area is 197 Å². The van der Waals surface area contributed by atoms with Gasteiger partial charge >= 0.3 is 6.18 Å². The number of hydrogen-bond donors (Lipinski definition) is 2. The lowest BCUT2D eigenvalue weighted by Crippen LogP contribution is -2.55. The normalized spacial score (nSPS) is 16.2. The van der Waals surface area contributed by atoms with Gasteiger partial charge in [-0.05, 0) is 29.5 Å². The number of amides is 3. The maximum Gasteiger partial charge on any atom is 0.418 e. The zero-order valence-corrected chi connectivity index (χ0v) is 20.2. The van der Waals surface area contributed by atoms with Crippen molar-refractivity contribution >= 4 is 29.1 Å². The summed E-state index contributed by atoms with van der Waals surface area (Å²) in [7, 11) is 0. The number of nitrogens with two attached hydrogens (primary N) is 1. The summed E-state index contributed by atoms with van der Waals surface area (Å²) >= 11 is 0. The number of alkyl halides is 3. The van der Waals surface area contributed by atoms with E-state index in [1.54, 1.807) is 4.90 Å².